The Balaban J connectivity index is 0.000000309. The predicted octanol–water partition coefficient (Wildman–Crippen LogP) is 4.96. The van der Waals surface area contributed by atoms with Crippen molar-refractivity contribution >= 4 is 28.5 Å². The van der Waals surface area contributed by atoms with Crippen molar-refractivity contribution in [3.63, 3.8) is 0 Å². The van der Waals surface area contributed by atoms with E-state index in [1.807, 2.05) is 21.4 Å². The summed E-state index contributed by atoms with van der Waals surface area (Å²) in [4.78, 5) is 36.4. The summed E-state index contributed by atoms with van der Waals surface area (Å²) < 4.78 is 22.9. The molecule has 1 saturated heterocycles. The molecule has 5 aliphatic carbocycles. The number of likely N-dealkylation sites (tertiary alicyclic amines) is 1. The van der Waals surface area contributed by atoms with Gasteiger partial charge in [-0.2, -0.15) is 0 Å². The zero-order chi connectivity index (χ0) is 32.8. The van der Waals surface area contributed by atoms with Crippen LogP contribution >= 0.6 is 0 Å². The molecule has 0 aromatic carbocycles. The summed E-state index contributed by atoms with van der Waals surface area (Å²) in [5, 5.41) is 1.13. The second-order valence-electron chi connectivity index (χ2n) is 14.9. The van der Waals surface area contributed by atoms with Crippen molar-refractivity contribution in [3.05, 3.63) is 47.3 Å². The maximum atomic E-state index is 13.7. The van der Waals surface area contributed by atoms with Crippen molar-refractivity contribution in [3.8, 4) is 17.3 Å². The van der Waals surface area contributed by atoms with Crippen molar-refractivity contribution < 1.29 is 18.7 Å². The summed E-state index contributed by atoms with van der Waals surface area (Å²) in [6.07, 6.45) is 7.75. The van der Waals surface area contributed by atoms with Crippen LogP contribution in [0.25, 0.3) is 28.1 Å². The Morgan fingerprint density at radius 2 is 1.85 bits per heavy atom. The third-order valence-corrected chi connectivity index (χ3v) is 11.6. The van der Waals surface area contributed by atoms with E-state index in [-0.39, 0.29) is 23.9 Å². The minimum absolute atomic E-state index is 0.0212. The van der Waals surface area contributed by atoms with Gasteiger partial charge in [0, 0.05) is 47.9 Å². The second-order valence-corrected chi connectivity index (χ2v) is 14.9. The zero-order valence-electron chi connectivity index (χ0n) is 27.5. The summed E-state index contributed by atoms with van der Waals surface area (Å²) in [5.41, 5.74) is 16.5. The number of halogens is 1. The van der Waals surface area contributed by atoms with Crippen LogP contribution < -0.4 is 16.2 Å². The number of carbonyl (C=O) groups is 2. The van der Waals surface area contributed by atoms with E-state index < -0.39 is 11.1 Å². The Hall–Kier alpha value is -3.99. The van der Waals surface area contributed by atoms with Crippen LogP contribution in [0.2, 0.25) is 0 Å². The highest BCUT2D eigenvalue weighted by Crippen LogP contribution is 2.69. The topological polar surface area (TPSA) is 134 Å². The van der Waals surface area contributed by atoms with Gasteiger partial charge in [0.15, 0.2) is 5.88 Å². The Kier molecular flexibility index (Phi) is 6.95. The molecule has 11 heteroatoms. The molecule has 1 aliphatic heterocycles. The maximum absolute atomic E-state index is 13.7. The number of methoxy groups -OCH3 is 1. The monoisotopic (exact) mass is 641 g/mol. The largest absolute Gasteiger partial charge is 0.482 e. The first-order chi connectivity index (χ1) is 22.5. The molecule has 10 nitrogen and oxygen atoms in total. The number of hydrogen-bond acceptors (Lipinski definition) is 6. The second kappa shape index (κ2) is 10.8. The van der Waals surface area contributed by atoms with Gasteiger partial charge < -0.3 is 25.7 Å². The Bertz CT molecular complexity index is 1910. The molecule has 4 N–H and O–H groups in total. The number of nitrogens with zero attached hydrogens (tertiary/aromatic N) is 5. The average Bonchev–Trinajstić information content (AvgIpc) is 3.50. The lowest BCUT2D eigenvalue weighted by Crippen LogP contribution is -2.69. The van der Waals surface area contributed by atoms with E-state index in [0.717, 1.165) is 71.7 Å². The van der Waals surface area contributed by atoms with E-state index in [2.05, 4.69) is 36.6 Å². The standard InChI is InChI=1S/C30H36N6O2.C6H8FNO/c1-4-22-9-7-20-12-25(35(29(20)32-22)15-18-5-6-18)28-17(2)36-26(33-28)13-21(14-27(36)38-3)30(37)34-16-24(31)19-8-10-23(34)11-19;7-6-1-5(2-6,3-6)4(8)9/h7,9,12-14,18-19,23-24H,4-6,8,10-11,15-16,31H2,1-3H3;1-3H2,(H2,8,9). The van der Waals surface area contributed by atoms with E-state index in [9.17, 15) is 14.0 Å². The molecule has 6 aliphatic rings. The van der Waals surface area contributed by atoms with Crippen molar-refractivity contribution in [1.82, 2.24) is 23.8 Å². The number of piperidine rings is 1. The Morgan fingerprint density at radius 1 is 1.09 bits per heavy atom. The summed E-state index contributed by atoms with van der Waals surface area (Å²) in [7, 11) is 1.65. The number of carbonyl (C=O) groups excluding carboxylic acids is 2. The van der Waals surface area contributed by atoms with Gasteiger partial charge in [-0.05, 0) is 101 Å². The number of amides is 2. The summed E-state index contributed by atoms with van der Waals surface area (Å²) in [5.74, 6) is 1.56. The molecule has 248 valence electrons. The highest BCUT2D eigenvalue weighted by Gasteiger charge is 2.72. The minimum atomic E-state index is -0.991. The van der Waals surface area contributed by atoms with Gasteiger partial charge in [0.25, 0.3) is 5.91 Å². The number of hydrogen-bond donors (Lipinski definition) is 2. The normalized spacial score (nSPS) is 28.9. The lowest BCUT2D eigenvalue weighted by atomic mass is 9.42. The van der Waals surface area contributed by atoms with Crippen molar-refractivity contribution in [2.45, 2.75) is 95.9 Å². The molecule has 0 spiro atoms. The molecular weight excluding hydrogens is 597 g/mol. The first-order valence-corrected chi connectivity index (χ1v) is 17.1. The van der Waals surface area contributed by atoms with Crippen LogP contribution in [0.1, 0.15) is 80.0 Å². The number of fused-ring (bicyclic) bond motifs is 4. The molecule has 47 heavy (non-hydrogen) atoms. The van der Waals surface area contributed by atoms with Gasteiger partial charge in [-0.15, -0.1) is 0 Å². The number of primary amides is 1. The van der Waals surface area contributed by atoms with Crippen LogP contribution in [0.3, 0.4) is 0 Å². The zero-order valence-corrected chi connectivity index (χ0v) is 27.5. The van der Waals surface area contributed by atoms with Crippen molar-refractivity contribution in [2.24, 2.45) is 28.7 Å². The van der Waals surface area contributed by atoms with Crippen LogP contribution in [0.4, 0.5) is 4.39 Å². The molecule has 0 radical (unpaired) electrons. The fourth-order valence-electron chi connectivity index (χ4n) is 8.62. The van der Waals surface area contributed by atoms with Crippen molar-refractivity contribution in [2.75, 3.05) is 13.7 Å². The van der Waals surface area contributed by atoms with Gasteiger partial charge in [0.1, 0.15) is 22.7 Å². The summed E-state index contributed by atoms with van der Waals surface area (Å²) in [6, 6.07) is 10.6. The van der Waals surface area contributed by atoms with E-state index in [4.69, 9.17) is 26.2 Å². The first-order valence-electron chi connectivity index (χ1n) is 17.1. The van der Waals surface area contributed by atoms with E-state index in [0.29, 0.717) is 49.1 Å². The number of pyridine rings is 2. The van der Waals surface area contributed by atoms with Gasteiger partial charge in [-0.3, -0.25) is 14.0 Å². The quantitative estimate of drug-likeness (QED) is 0.293. The number of aromatic nitrogens is 4. The fraction of sp³-hybridized carbons (Fsp3) is 0.556. The highest BCUT2D eigenvalue weighted by atomic mass is 19.1. The predicted molar refractivity (Wildman–Crippen MR) is 177 cm³/mol. The van der Waals surface area contributed by atoms with Crippen LogP contribution in [-0.2, 0) is 17.8 Å². The van der Waals surface area contributed by atoms with E-state index in [1.54, 1.807) is 7.11 Å². The molecule has 3 unspecified atom stereocenters. The van der Waals surface area contributed by atoms with Crippen LogP contribution in [0.15, 0.2) is 30.3 Å². The number of alkyl halides is 1. The molecule has 5 heterocycles. The van der Waals surface area contributed by atoms with Gasteiger partial charge >= 0.3 is 0 Å². The third-order valence-electron chi connectivity index (χ3n) is 11.6. The number of nitrogens with two attached hydrogens (primary N) is 2. The van der Waals surface area contributed by atoms with Gasteiger partial charge in [-0.1, -0.05) is 6.92 Å². The van der Waals surface area contributed by atoms with Gasteiger partial charge in [0.2, 0.25) is 5.91 Å². The summed E-state index contributed by atoms with van der Waals surface area (Å²) in [6.45, 7) is 5.79. The molecule has 2 amide bonds. The van der Waals surface area contributed by atoms with Crippen LogP contribution in [0.5, 0.6) is 5.88 Å². The molecule has 4 aromatic heterocycles. The van der Waals surface area contributed by atoms with Gasteiger partial charge in [0.05, 0.1) is 23.9 Å². The molecule has 3 atom stereocenters. The number of rotatable bonds is 7. The molecule has 6 fully saturated rings. The molecular formula is C36H44FN7O3. The van der Waals surface area contributed by atoms with Gasteiger partial charge in [-0.25, -0.2) is 14.4 Å². The number of ether oxygens (including phenoxy) is 1. The minimum Gasteiger partial charge on any atom is -0.482 e. The van der Waals surface area contributed by atoms with E-state index in [1.165, 1.54) is 12.8 Å². The lowest BCUT2D eigenvalue weighted by Gasteiger charge is -2.63. The average molecular weight is 642 g/mol. The van der Waals surface area contributed by atoms with Crippen molar-refractivity contribution in [1.29, 1.82) is 0 Å². The Morgan fingerprint density at radius 3 is 2.49 bits per heavy atom. The van der Waals surface area contributed by atoms with Crippen LogP contribution in [-0.4, -0.2) is 67.1 Å². The third kappa shape index (κ3) is 4.91. The maximum Gasteiger partial charge on any atom is 0.254 e. The first kappa shape index (κ1) is 30.4. The highest BCUT2D eigenvalue weighted by molar-refractivity contribution is 5.96. The van der Waals surface area contributed by atoms with E-state index >= 15 is 0 Å². The molecule has 4 aromatic rings. The SMILES string of the molecule is CCc1ccc2cc(-c3nc4cc(C(=O)N5CC(N)C6CCC5C6)cc(OC)n4c3C)n(CC3CC3)c2n1.NC(=O)C12CC(F)(C1)C2. The number of imidazole rings is 1. The molecule has 4 bridgehead atoms. The summed E-state index contributed by atoms with van der Waals surface area (Å²) >= 11 is 0. The lowest BCUT2D eigenvalue weighted by molar-refractivity contribution is -0.211. The Labute approximate surface area is 273 Å². The van der Waals surface area contributed by atoms with Crippen LogP contribution in [0, 0.1) is 24.2 Å². The smallest absolute Gasteiger partial charge is 0.254 e. The molecule has 10 rings (SSSR count). The fourth-order valence-corrected chi connectivity index (χ4v) is 8.62. The molecule has 5 saturated carbocycles. The number of aryl methyl sites for hydroxylation is 2.